The first kappa shape index (κ1) is 18.3. The monoisotopic (exact) mass is 370 g/mol. The van der Waals surface area contributed by atoms with Gasteiger partial charge in [0.25, 0.3) is 0 Å². The molecule has 0 saturated carbocycles. The van der Waals surface area contributed by atoms with Gasteiger partial charge in [-0.2, -0.15) is 0 Å². The van der Waals surface area contributed by atoms with E-state index in [2.05, 4.69) is 22.2 Å². The highest BCUT2D eigenvalue weighted by atomic mass is 16.2. The molecule has 0 radical (unpaired) electrons. The summed E-state index contributed by atoms with van der Waals surface area (Å²) < 4.78 is 0. The molecule has 0 unspecified atom stereocenters. The van der Waals surface area contributed by atoms with E-state index >= 15 is 0 Å². The number of likely N-dealkylation sites (N-methyl/N-ethyl adjacent to an activating group) is 1. The van der Waals surface area contributed by atoms with E-state index in [4.69, 9.17) is 0 Å². The van der Waals surface area contributed by atoms with Gasteiger partial charge in [0.2, 0.25) is 5.91 Å². The third kappa shape index (κ3) is 3.95. The van der Waals surface area contributed by atoms with Crippen LogP contribution in [-0.2, 0) is 4.79 Å². The van der Waals surface area contributed by atoms with Crippen molar-refractivity contribution in [3.05, 3.63) is 30.3 Å². The van der Waals surface area contributed by atoms with E-state index in [9.17, 15) is 9.59 Å². The van der Waals surface area contributed by atoms with Gasteiger partial charge in [0.05, 0.1) is 0 Å². The average Bonchev–Trinajstić information content (AvgIpc) is 3.11. The first-order chi connectivity index (χ1) is 13.0. The molecule has 0 aliphatic carbocycles. The van der Waals surface area contributed by atoms with E-state index in [1.54, 1.807) is 0 Å². The van der Waals surface area contributed by atoms with Crippen LogP contribution in [0.3, 0.4) is 0 Å². The topological polar surface area (TPSA) is 55.9 Å². The van der Waals surface area contributed by atoms with Crippen molar-refractivity contribution in [3.8, 4) is 0 Å². The molecule has 1 aromatic carbocycles. The van der Waals surface area contributed by atoms with Gasteiger partial charge in [0.1, 0.15) is 0 Å². The van der Waals surface area contributed by atoms with Gasteiger partial charge >= 0.3 is 6.03 Å². The summed E-state index contributed by atoms with van der Waals surface area (Å²) in [5.74, 6) is 0.324. The number of urea groups is 1. The molecule has 0 bridgehead atoms. The molecule has 3 aliphatic rings. The molecule has 3 saturated heterocycles. The number of nitrogens with one attached hydrogen (secondary N) is 1. The lowest BCUT2D eigenvalue weighted by Gasteiger charge is -2.48. The number of piperidine rings is 2. The first-order valence-electron chi connectivity index (χ1n) is 10.1. The summed E-state index contributed by atoms with van der Waals surface area (Å²) in [4.78, 5) is 31.5. The van der Waals surface area contributed by atoms with E-state index in [1.165, 1.54) is 0 Å². The van der Waals surface area contributed by atoms with Crippen LogP contribution in [0.2, 0.25) is 0 Å². The fourth-order valence-electron chi connectivity index (χ4n) is 4.86. The van der Waals surface area contributed by atoms with Gasteiger partial charge in [-0.05, 0) is 56.8 Å². The fourth-order valence-corrected chi connectivity index (χ4v) is 4.86. The molecular weight excluding hydrogens is 340 g/mol. The minimum atomic E-state index is -0.0165. The summed E-state index contributed by atoms with van der Waals surface area (Å²) in [5, 5.41) is 2.99. The number of carbonyl (C=O) groups excluding carboxylic acids is 2. The van der Waals surface area contributed by atoms with Crippen LogP contribution < -0.4 is 5.32 Å². The second-order valence-electron chi connectivity index (χ2n) is 8.51. The molecule has 3 heterocycles. The average molecular weight is 370 g/mol. The Morgan fingerprint density at radius 1 is 1.11 bits per heavy atom. The van der Waals surface area contributed by atoms with Crippen molar-refractivity contribution in [1.29, 1.82) is 0 Å². The van der Waals surface area contributed by atoms with Crippen molar-refractivity contribution in [2.45, 2.75) is 38.1 Å². The van der Waals surface area contributed by atoms with Gasteiger partial charge in [-0.15, -0.1) is 0 Å². The number of nitrogens with zero attached hydrogens (tertiary/aromatic N) is 3. The number of benzene rings is 1. The second-order valence-corrected chi connectivity index (χ2v) is 8.51. The Morgan fingerprint density at radius 3 is 2.52 bits per heavy atom. The first-order valence-corrected chi connectivity index (χ1v) is 10.1. The smallest absolute Gasteiger partial charge is 0.321 e. The number of amides is 3. The van der Waals surface area contributed by atoms with Crippen molar-refractivity contribution in [2.24, 2.45) is 5.41 Å². The molecule has 3 aliphatic heterocycles. The molecular formula is C21H30N4O2. The normalized spacial score (nSPS) is 25.8. The zero-order chi connectivity index (χ0) is 18.9. The predicted molar refractivity (Wildman–Crippen MR) is 106 cm³/mol. The Kier molecular flexibility index (Phi) is 5.08. The Labute approximate surface area is 161 Å². The van der Waals surface area contributed by atoms with Gasteiger partial charge in [-0.3, -0.25) is 4.79 Å². The van der Waals surface area contributed by atoms with Crippen LogP contribution in [0.25, 0.3) is 0 Å². The molecule has 27 heavy (non-hydrogen) atoms. The minimum absolute atomic E-state index is 0.0165. The Bertz CT molecular complexity index is 685. The van der Waals surface area contributed by atoms with Crippen molar-refractivity contribution in [2.75, 3.05) is 45.1 Å². The maximum atomic E-state index is 12.5. The molecule has 3 amide bonds. The SMILES string of the molecule is CN1CC[C@H](N2CC3(CCC2=O)CCN(C(=O)Nc2ccccc2)CC3)C1. The standard InChI is InChI=1S/C21H30N4O2/c1-23-12-8-18(15-23)25-16-21(9-7-19(25)26)10-13-24(14-11-21)20(27)22-17-5-3-2-4-6-17/h2-6,18H,7-16H2,1H3,(H,22,27)/t18-/m0/s1. The van der Waals surface area contributed by atoms with Crippen molar-refractivity contribution in [1.82, 2.24) is 14.7 Å². The maximum absolute atomic E-state index is 12.5. The summed E-state index contributed by atoms with van der Waals surface area (Å²) >= 11 is 0. The lowest BCUT2D eigenvalue weighted by atomic mass is 9.72. The zero-order valence-electron chi connectivity index (χ0n) is 16.2. The Hall–Kier alpha value is -2.08. The highest BCUT2D eigenvalue weighted by Crippen LogP contribution is 2.41. The summed E-state index contributed by atoms with van der Waals surface area (Å²) in [7, 11) is 2.13. The van der Waals surface area contributed by atoms with Gasteiger partial charge in [0.15, 0.2) is 0 Å². The van der Waals surface area contributed by atoms with Gasteiger partial charge in [0, 0.05) is 44.3 Å². The minimum Gasteiger partial charge on any atom is -0.338 e. The molecule has 0 aromatic heterocycles. The fraction of sp³-hybridized carbons (Fsp3) is 0.619. The number of anilines is 1. The van der Waals surface area contributed by atoms with Crippen LogP contribution in [0, 0.1) is 5.41 Å². The molecule has 1 atom stereocenters. The molecule has 3 fully saturated rings. The zero-order valence-corrected chi connectivity index (χ0v) is 16.2. The largest absolute Gasteiger partial charge is 0.338 e. The summed E-state index contributed by atoms with van der Waals surface area (Å²) in [6, 6.07) is 9.97. The number of hydrogen-bond acceptors (Lipinski definition) is 3. The summed E-state index contributed by atoms with van der Waals surface area (Å²) in [6.45, 7) is 4.48. The highest BCUT2D eigenvalue weighted by Gasteiger charge is 2.44. The molecule has 1 spiro atoms. The Morgan fingerprint density at radius 2 is 1.85 bits per heavy atom. The van der Waals surface area contributed by atoms with E-state index < -0.39 is 0 Å². The van der Waals surface area contributed by atoms with E-state index in [0.29, 0.717) is 18.4 Å². The Balaban J connectivity index is 1.35. The number of carbonyl (C=O) groups is 2. The van der Waals surface area contributed by atoms with Gasteiger partial charge < -0.3 is 20.0 Å². The van der Waals surface area contributed by atoms with Crippen molar-refractivity contribution in [3.63, 3.8) is 0 Å². The molecule has 6 heteroatoms. The lowest BCUT2D eigenvalue weighted by Crippen LogP contribution is -2.55. The van der Waals surface area contributed by atoms with Gasteiger partial charge in [-0.25, -0.2) is 4.79 Å². The molecule has 146 valence electrons. The van der Waals surface area contributed by atoms with Crippen molar-refractivity contribution < 1.29 is 9.59 Å². The number of rotatable bonds is 2. The highest BCUT2D eigenvalue weighted by molar-refractivity contribution is 5.89. The van der Waals surface area contributed by atoms with Gasteiger partial charge in [-0.1, -0.05) is 18.2 Å². The van der Waals surface area contributed by atoms with E-state index in [1.807, 2.05) is 35.2 Å². The quantitative estimate of drug-likeness (QED) is 0.871. The van der Waals surface area contributed by atoms with Crippen LogP contribution in [0.1, 0.15) is 32.1 Å². The molecule has 6 nitrogen and oxygen atoms in total. The van der Waals surface area contributed by atoms with Crippen LogP contribution >= 0.6 is 0 Å². The number of likely N-dealkylation sites (tertiary alicyclic amines) is 3. The predicted octanol–water partition coefficient (Wildman–Crippen LogP) is 2.63. The van der Waals surface area contributed by atoms with E-state index in [0.717, 1.165) is 64.1 Å². The van der Waals surface area contributed by atoms with Crippen LogP contribution in [0.5, 0.6) is 0 Å². The lowest BCUT2D eigenvalue weighted by molar-refractivity contribution is -0.141. The van der Waals surface area contributed by atoms with E-state index in [-0.39, 0.29) is 11.4 Å². The molecule has 1 N–H and O–H groups in total. The summed E-state index contributed by atoms with van der Waals surface area (Å²) in [6.07, 6.45) is 4.70. The number of hydrogen-bond donors (Lipinski definition) is 1. The van der Waals surface area contributed by atoms with Crippen LogP contribution in [-0.4, -0.2) is 72.5 Å². The van der Waals surface area contributed by atoms with Crippen LogP contribution in [0.4, 0.5) is 10.5 Å². The number of para-hydroxylation sites is 1. The second kappa shape index (κ2) is 7.50. The summed E-state index contributed by atoms with van der Waals surface area (Å²) in [5.41, 5.74) is 1.03. The maximum Gasteiger partial charge on any atom is 0.321 e. The van der Waals surface area contributed by atoms with Crippen molar-refractivity contribution >= 4 is 17.6 Å². The molecule has 1 aromatic rings. The third-order valence-corrected chi connectivity index (χ3v) is 6.64. The molecule has 4 rings (SSSR count). The third-order valence-electron chi connectivity index (χ3n) is 6.64. The van der Waals surface area contributed by atoms with Crippen LogP contribution in [0.15, 0.2) is 30.3 Å².